The lowest BCUT2D eigenvalue weighted by atomic mass is 10.2. The van der Waals surface area contributed by atoms with Crippen molar-refractivity contribution in [3.8, 4) is 0 Å². The summed E-state index contributed by atoms with van der Waals surface area (Å²) in [5, 5.41) is 0. The van der Waals surface area contributed by atoms with Crippen LogP contribution in [0.15, 0.2) is 35.1 Å². The third-order valence-electron chi connectivity index (χ3n) is 4.59. The molecule has 7 heteroatoms. The van der Waals surface area contributed by atoms with Gasteiger partial charge in [0.2, 0.25) is 0 Å². The molecule has 3 aromatic rings. The highest BCUT2D eigenvalue weighted by atomic mass is 16.5. The Kier molecular flexibility index (Phi) is 4.10. The number of aromatic amines is 1. The molecule has 0 saturated carbocycles. The van der Waals surface area contributed by atoms with Crippen LogP contribution in [0.5, 0.6) is 0 Å². The molecule has 130 valence electrons. The van der Waals surface area contributed by atoms with Gasteiger partial charge in [0.15, 0.2) is 0 Å². The van der Waals surface area contributed by atoms with E-state index in [9.17, 15) is 4.79 Å². The number of hydrogen-bond donors (Lipinski definition) is 1. The van der Waals surface area contributed by atoms with Crippen molar-refractivity contribution in [3.63, 3.8) is 0 Å². The maximum absolute atomic E-state index is 11.7. The van der Waals surface area contributed by atoms with E-state index in [2.05, 4.69) is 25.5 Å². The third-order valence-corrected chi connectivity index (χ3v) is 4.59. The number of para-hydroxylation sites is 2. The number of morpholine rings is 1. The van der Waals surface area contributed by atoms with E-state index in [1.807, 2.05) is 32.2 Å². The minimum absolute atomic E-state index is 0.140. The molecule has 1 aromatic carbocycles. The molecule has 0 amide bonds. The SMILES string of the molecule is Cc1cc(=O)[nH]c(C2CN(Cc3nc4ccccc4n3C)CCO2)n1. The zero-order valence-electron chi connectivity index (χ0n) is 14.4. The average molecular weight is 339 g/mol. The lowest BCUT2D eigenvalue weighted by molar-refractivity contribution is -0.0383. The molecule has 1 aliphatic heterocycles. The highest BCUT2D eigenvalue weighted by Crippen LogP contribution is 2.21. The Hall–Kier alpha value is -2.51. The highest BCUT2D eigenvalue weighted by molar-refractivity contribution is 5.75. The van der Waals surface area contributed by atoms with Crippen LogP contribution in [0.2, 0.25) is 0 Å². The van der Waals surface area contributed by atoms with Crippen molar-refractivity contribution in [1.82, 2.24) is 24.4 Å². The van der Waals surface area contributed by atoms with Gasteiger partial charge < -0.3 is 14.3 Å². The number of fused-ring (bicyclic) bond motifs is 1. The fourth-order valence-corrected chi connectivity index (χ4v) is 3.30. The van der Waals surface area contributed by atoms with E-state index in [0.717, 1.165) is 29.9 Å². The molecule has 0 bridgehead atoms. The van der Waals surface area contributed by atoms with Crippen molar-refractivity contribution in [2.24, 2.45) is 7.05 Å². The zero-order valence-corrected chi connectivity index (χ0v) is 14.4. The van der Waals surface area contributed by atoms with Gasteiger partial charge in [0.25, 0.3) is 5.56 Å². The summed E-state index contributed by atoms with van der Waals surface area (Å²) in [6.45, 7) is 4.66. The van der Waals surface area contributed by atoms with Crippen molar-refractivity contribution < 1.29 is 4.74 Å². The van der Waals surface area contributed by atoms with Crippen LogP contribution in [0.25, 0.3) is 11.0 Å². The second-order valence-electron chi connectivity index (χ2n) is 6.44. The van der Waals surface area contributed by atoms with Gasteiger partial charge in [-0.2, -0.15) is 0 Å². The summed E-state index contributed by atoms with van der Waals surface area (Å²) in [5.41, 5.74) is 2.70. The van der Waals surface area contributed by atoms with Crippen LogP contribution in [0.1, 0.15) is 23.4 Å². The summed E-state index contributed by atoms with van der Waals surface area (Å²) in [6.07, 6.45) is -0.226. The van der Waals surface area contributed by atoms with E-state index in [-0.39, 0.29) is 11.7 Å². The molecule has 3 heterocycles. The average Bonchev–Trinajstić information content (AvgIpc) is 2.91. The summed E-state index contributed by atoms with van der Waals surface area (Å²) in [4.78, 5) is 25.9. The minimum Gasteiger partial charge on any atom is -0.368 e. The first kappa shape index (κ1) is 16.0. The van der Waals surface area contributed by atoms with E-state index >= 15 is 0 Å². The largest absolute Gasteiger partial charge is 0.368 e. The van der Waals surface area contributed by atoms with Crippen molar-refractivity contribution >= 4 is 11.0 Å². The Morgan fingerprint density at radius 3 is 2.96 bits per heavy atom. The Morgan fingerprint density at radius 2 is 2.16 bits per heavy atom. The van der Waals surface area contributed by atoms with Crippen molar-refractivity contribution in [2.45, 2.75) is 19.6 Å². The summed E-state index contributed by atoms with van der Waals surface area (Å²) >= 11 is 0. The molecule has 2 aromatic heterocycles. The maximum Gasteiger partial charge on any atom is 0.251 e. The molecule has 1 fully saturated rings. The van der Waals surface area contributed by atoms with Crippen LogP contribution in [-0.4, -0.2) is 44.1 Å². The Morgan fingerprint density at radius 1 is 1.32 bits per heavy atom. The summed E-state index contributed by atoms with van der Waals surface area (Å²) in [5.74, 6) is 1.62. The van der Waals surface area contributed by atoms with E-state index in [1.54, 1.807) is 0 Å². The summed E-state index contributed by atoms with van der Waals surface area (Å²) in [7, 11) is 2.04. The van der Waals surface area contributed by atoms with E-state index in [1.165, 1.54) is 6.07 Å². The van der Waals surface area contributed by atoms with Gasteiger partial charge in [0, 0.05) is 31.9 Å². The lowest BCUT2D eigenvalue weighted by Crippen LogP contribution is -2.39. The number of nitrogens with zero attached hydrogens (tertiary/aromatic N) is 4. The molecule has 4 rings (SSSR count). The molecule has 1 N–H and O–H groups in total. The fraction of sp³-hybridized carbons (Fsp3) is 0.389. The molecule has 0 radical (unpaired) electrons. The van der Waals surface area contributed by atoms with Crippen molar-refractivity contribution in [3.05, 3.63) is 58.0 Å². The summed E-state index contributed by atoms with van der Waals surface area (Å²) < 4.78 is 7.96. The quantitative estimate of drug-likeness (QED) is 0.783. The zero-order chi connectivity index (χ0) is 17.4. The molecular weight excluding hydrogens is 318 g/mol. The maximum atomic E-state index is 11.7. The normalized spacial score (nSPS) is 18.7. The molecule has 0 spiro atoms. The highest BCUT2D eigenvalue weighted by Gasteiger charge is 2.25. The van der Waals surface area contributed by atoms with Crippen LogP contribution in [0.3, 0.4) is 0 Å². The first-order chi connectivity index (χ1) is 12.1. The van der Waals surface area contributed by atoms with Gasteiger partial charge in [0.05, 0.1) is 24.2 Å². The van der Waals surface area contributed by atoms with Gasteiger partial charge in [-0.15, -0.1) is 0 Å². The van der Waals surface area contributed by atoms with Gasteiger partial charge >= 0.3 is 0 Å². The number of rotatable bonds is 3. The standard InChI is InChI=1S/C18H21N5O2/c1-12-9-17(24)21-18(19-12)15-10-23(7-8-25-15)11-16-20-13-5-3-4-6-14(13)22(16)2/h3-6,9,15H,7-8,10-11H2,1-2H3,(H,19,21,24). The van der Waals surface area contributed by atoms with Gasteiger partial charge in [-0.25, -0.2) is 9.97 Å². The lowest BCUT2D eigenvalue weighted by Gasteiger charge is -2.32. The second-order valence-corrected chi connectivity index (χ2v) is 6.44. The number of benzene rings is 1. The number of aromatic nitrogens is 4. The Bertz CT molecular complexity index is 961. The number of hydrogen-bond acceptors (Lipinski definition) is 5. The van der Waals surface area contributed by atoms with Crippen LogP contribution < -0.4 is 5.56 Å². The molecule has 0 aliphatic carbocycles. The van der Waals surface area contributed by atoms with Gasteiger partial charge in [-0.3, -0.25) is 9.69 Å². The number of ether oxygens (including phenoxy) is 1. The van der Waals surface area contributed by atoms with Crippen molar-refractivity contribution in [2.75, 3.05) is 19.7 Å². The number of imidazole rings is 1. The second kappa shape index (κ2) is 6.42. The molecular formula is C18H21N5O2. The molecule has 1 atom stereocenters. The monoisotopic (exact) mass is 339 g/mol. The van der Waals surface area contributed by atoms with Gasteiger partial charge in [0.1, 0.15) is 17.8 Å². The van der Waals surface area contributed by atoms with Crippen LogP contribution >= 0.6 is 0 Å². The number of aryl methyl sites for hydroxylation is 2. The predicted molar refractivity (Wildman–Crippen MR) is 94.3 cm³/mol. The van der Waals surface area contributed by atoms with Crippen LogP contribution in [0, 0.1) is 6.92 Å². The van der Waals surface area contributed by atoms with E-state index < -0.39 is 0 Å². The van der Waals surface area contributed by atoms with Gasteiger partial charge in [-0.1, -0.05) is 12.1 Å². The van der Waals surface area contributed by atoms with Crippen LogP contribution in [-0.2, 0) is 18.3 Å². The number of H-pyrrole nitrogens is 1. The fourth-order valence-electron chi connectivity index (χ4n) is 3.30. The molecule has 1 unspecified atom stereocenters. The number of nitrogens with one attached hydrogen (secondary N) is 1. The Balaban J connectivity index is 1.54. The van der Waals surface area contributed by atoms with E-state index in [4.69, 9.17) is 9.72 Å². The van der Waals surface area contributed by atoms with Crippen LogP contribution in [0.4, 0.5) is 0 Å². The topological polar surface area (TPSA) is 76.0 Å². The Labute approximate surface area is 145 Å². The van der Waals surface area contributed by atoms with E-state index in [0.29, 0.717) is 24.7 Å². The van der Waals surface area contributed by atoms with Crippen molar-refractivity contribution in [1.29, 1.82) is 0 Å². The first-order valence-corrected chi connectivity index (χ1v) is 8.42. The summed E-state index contributed by atoms with van der Waals surface area (Å²) in [6, 6.07) is 9.63. The molecule has 1 aliphatic rings. The molecule has 7 nitrogen and oxygen atoms in total. The van der Waals surface area contributed by atoms with Gasteiger partial charge in [-0.05, 0) is 19.1 Å². The minimum atomic E-state index is -0.226. The third kappa shape index (κ3) is 3.20. The molecule has 25 heavy (non-hydrogen) atoms. The molecule has 1 saturated heterocycles. The first-order valence-electron chi connectivity index (χ1n) is 8.42. The predicted octanol–water partition coefficient (Wildman–Crippen LogP) is 1.54. The smallest absolute Gasteiger partial charge is 0.251 e.